The van der Waals surface area contributed by atoms with Crippen molar-refractivity contribution in [3.63, 3.8) is 0 Å². The van der Waals surface area contributed by atoms with Crippen LogP contribution in [0.5, 0.6) is 0 Å². The topological polar surface area (TPSA) is 45.5 Å². The molecule has 6 heteroatoms. The first-order chi connectivity index (χ1) is 39.7. The highest BCUT2D eigenvalue weighted by Gasteiger charge is 2.29. The molecule has 5 aromatic heterocycles. The average molecular weight is 1020 g/mol. The quantitative estimate of drug-likeness (QED) is 0.167. The van der Waals surface area contributed by atoms with Gasteiger partial charge in [0.15, 0.2) is 5.82 Å². The summed E-state index contributed by atoms with van der Waals surface area (Å²) in [6.07, 6.45) is 0. The maximum atomic E-state index is 5.72. The van der Waals surface area contributed by atoms with Crippen molar-refractivity contribution < 1.29 is 0 Å². The minimum absolute atomic E-state index is 0.676. The number of hydrogen-bond donors (Lipinski definition) is 0. The number of nitrogens with zero attached hydrogens (tertiary/aromatic N) is 6. The van der Waals surface area contributed by atoms with Crippen LogP contribution in [0.3, 0.4) is 0 Å². The largest absolute Gasteiger partial charge is 0.309 e. The average Bonchev–Trinajstić information content (AvgIpc) is 4.35. The summed E-state index contributed by atoms with van der Waals surface area (Å²) in [5.41, 5.74) is 20.8. The van der Waals surface area contributed by atoms with Crippen LogP contribution in [0.4, 0.5) is 0 Å². The van der Waals surface area contributed by atoms with Gasteiger partial charge in [-0.05, 0) is 101 Å². The van der Waals surface area contributed by atoms with E-state index in [9.17, 15) is 0 Å². The Morgan fingerprint density at radius 2 is 0.588 bits per heavy atom. The lowest BCUT2D eigenvalue weighted by atomic mass is 9.99. The molecule has 0 bridgehead atoms. The smallest absolute Gasteiger partial charge is 0.160 e. The van der Waals surface area contributed by atoms with Gasteiger partial charge in [0.2, 0.25) is 0 Å². The first-order valence-electron chi connectivity index (χ1n) is 27.4. The van der Waals surface area contributed by atoms with E-state index in [-0.39, 0.29) is 0 Å². The number of rotatable bonds is 6. The van der Waals surface area contributed by atoms with Gasteiger partial charge in [0.25, 0.3) is 0 Å². The fraction of sp³-hybridized carbons (Fsp3) is 0. The Labute approximate surface area is 458 Å². The third kappa shape index (κ3) is 6.01. The molecule has 17 aromatic rings. The van der Waals surface area contributed by atoms with E-state index in [4.69, 9.17) is 9.97 Å². The minimum Gasteiger partial charge on any atom is -0.309 e. The summed E-state index contributed by atoms with van der Waals surface area (Å²) in [5.74, 6) is 0.676. The molecule has 0 amide bonds. The van der Waals surface area contributed by atoms with Gasteiger partial charge in [0.05, 0.1) is 55.5 Å². The zero-order valence-corrected chi connectivity index (χ0v) is 43.1. The normalized spacial score (nSPS) is 12.2. The zero-order valence-electron chi connectivity index (χ0n) is 43.1. The van der Waals surface area contributed by atoms with Crippen LogP contribution in [0.1, 0.15) is 0 Å². The second kappa shape index (κ2) is 16.4. The third-order valence-corrected chi connectivity index (χ3v) is 17.1. The highest BCUT2D eigenvalue weighted by molar-refractivity contribution is 6.18. The predicted molar refractivity (Wildman–Crippen MR) is 332 cm³/mol. The van der Waals surface area contributed by atoms with E-state index in [2.05, 4.69) is 285 Å². The molecule has 0 fully saturated rings. The van der Waals surface area contributed by atoms with Gasteiger partial charge in [-0.15, -0.1) is 0 Å². The van der Waals surface area contributed by atoms with E-state index in [1.807, 2.05) is 0 Å². The van der Waals surface area contributed by atoms with Gasteiger partial charge < -0.3 is 18.3 Å². The molecule has 1 aliphatic rings. The van der Waals surface area contributed by atoms with Crippen molar-refractivity contribution in [3.8, 4) is 67.8 Å². The second-order valence-corrected chi connectivity index (χ2v) is 21.3. The molecule has 0 spiro atoms. The van der Waals surface area contributed by atoms with Crippen molar-refractivity contribution in [1.29, 1.82) is 0 Å². The van der Waals surface area contributed by atoms with Crippen molar-refractivity contribution in [1.82, 2.24) is 28.2 Å². The van der Waals surface area contributed by atoms with E-state index in [0.717, 1.165) is 84.0 Å². The molecule has 0 aliphatic heterocycles. The molecule has 0 atom stereocenters. The van der Waals surface area contributed by atoms with Crippen LogP contribution in [-0.4, -0.2) is 28.2 Å². The molecule has 0 radical (unpaired) electrons. The molecule has 0 saturated heterocycles. The van der Waals surface area contributed by atoms with Crippen LogP contribution < -0.4 is 0 Å². The van der Waals surface area contributed by atoms with Gasteiger partial charge in [0.1, 0.15) is 0 Å². The van der Waals surface area contributed by atoms with Crippen LogP contribution in [-0.2, 0) is 0 Å². The number of fused-ring (bicyclic) bond motifs is 15. The molecule has 80 heavy (non-hydrogen) atoms. The van der Waals surface area contributed by atoms with Crippen molar-refractivity contribution in [3.05, 3.63) is 267 Å². The van der Waals surface area contributed by atoms with Crippen molar-refractivity contribution in [2.24, 2.45) is 0 Å². The SMILES string of the molecule is c1cc(-c2nc(-c3cccc(-n4c5ccccc5c5ccc(-n6c7ccccc7c7ccccc76)cc54)c3)c3c(n2)-c2cccc4cccc-3c24)cc(-n2c3ccccc3c3ccc(-n4c5ccccc5c5ccccc54)cc32)c1. The lowest BCUT2D eigenvalue weighted by molar-refractivity contribution is 1.14. The summed E-state index contributed by atoms with van der Waals surface area (Å²) in [7, 11) is 0. The lowest BCUT2D eigenvalue weighted by Crippen LogP contribution is -2.01. The van der Waals surface area contributed by atoms with Crippen LogP contribution in [0.25, 0.3) is 166 Å². The van der Waals surface area contributed by atoms with Crippen molar-refractivity contribution in [2.45, 2.75) is 0 Å². The number of para-hydroxylation sites is 6. The minimum atomic E-state index is 0.676. The predicted octanol–water partition coefficient (Wildman–Crippen LogP) is 19.0. The molecule has 12 aromatic carbocycles. The Bertz CT molecular complexity index is 5400. The Kier molecular flexibility index (Phi) is 8.85. The number of aromatic nitrogens is 6. The van der Waals surface area contributed by atoms with E-state index < -0.39 is 0 Å². The molecule has 5 heterocycles. The Morgan fingerprint density at radius 3 is 1.05 bits per heavy atom. The van der Waals surface area contributed by atoms with Crippen molar-refractivity contribution >= 4 is 98.0 Å². The zero-order chi connectivity index (χ0) is 52.2. The van der Waals surface area contributed by atoms with E-state index in [1.165, 1.54) is 75.9 Å². The third-order valence-electron chi connectivity index (χ3n) is 17.1. The Morgan fingerprint density at radius 1 is 0.237 bits per heavy atom. The standard InChI is InChI=1S/C74H44N6/c1-7-31-62-52(23-1)53-24-2-8-32-63(53)77(62)50-37-39-58-56-27-5-11-35-66(56)79(68(58)43-50)48-21-13-19-46(41-48)72-71-60-29-15-17-45-18-16-30-61(70(45)60)73(71)76-74(75-72)47-20-14-22-49(42-47)80-67-36-12-6-28-57(67)59-40-38-51(44-69(59)80)78-64-33-9-3-25-54(64)55-26-4-10-34-65(55)78/h1-44H. The Balaban J connectivity index is 0.833. The van der Waals surface area contributed by atoms with Gasteiger partial charge >= 0.3 is 0 Å². The molecular weight excluding hydrogens is 973 g/mol. The van der Waals surface area contributed by atoms with Gasteiger partial charge in [-0.3, -0.25) is 0 Å². The van der Waals surface area contributed by atoms with E-state index >= 15 is 0 Å². The molecule has 0 unspecified atom stereocenters. The summed E-state index contributed by atoms with van der Waals surface area (Å²) in [4.78, 5) is 11.3. The Hall–Kier alpha value is -10.8. The highest BCUT2D eigenvalue weighted by atomic mass is 15.0. The van der Waals surface area contributed by atoms with Gasteiger partial charge in [-0.25, -0.2) is 9.97 Å². The van der Waals surface area contributed by atoms with Crippen LogP contribution in [0.15, 0.2) is 267 Å². The summed E-state index contributed by atoms with van der Waals surface area (Å²) in [6, 6.07) is 97.3. The van der Waals surface area contributed by atoms with Gasteiger partial charge in [-0.2, -0.15) is 0 Å². The fourth-order valence-corrected chi connectivity index (χ4v) is 13.7. The number of hydrogen-bond acceptors (Lipinski definition) is 2. The second-order valence-electron chi connectivity index (χ2n) is 21.3. The lowest BCUT2D eigenvalue weighted by Gasteiger charge is -2.15. The summed E-state index contributed by atoms with van der Waals surface area (Å²) < 4.78 is 9.66. The van der Waals surface area contributed by atoms with E-state index in [0.29, 0.717) is 5.82 Å². The molecule has 6 nitrogen and oxygen atoms in total. The fourth-order valence-electron chi connectivity index (χ4n) is 13.7. The monoisotopic (exact) mass is 1020 g/mol. The molecule has 0 saturated carbocycles. The summed E-state index contributed by atoms with van der Waals surface area (Å²) in [6.45, 7) is 0. The van der Waals surface area contributed by atoms with Crippen molar-refractivity contribution in [2.75, 3.05) is 0 Å². The van der Waals surface area contributed by atoms with Gasteiger partial charge in [-0.1, -0.05) is 182 Å². The summed E-state index contributed by atoms with van der Waals surface area (Å²) >= 11 is 0. The molecule has 370 valence electrons. The maximum Gasteiger partial charge on any atom is 0.160 e. The van der Waals surface area contributed by atoms with Gasteiger partial charge in [0, 0.05) is 88.1 Å². The van der Waals surface area contributed by atoms with Crippen LogP contribution >= 0.6 is 0 Å². The molecule has 18 rings (SSSR count). The maximum absolute atomic E-state index is 5.72. The number of benzene rings is 12. The molecular formula is C74H44N6. The molecule has 0 N–H and O–H groups in total. The van der Waals surface area contributed by atoms with Crippen LogP contribution in [0.2, 0.25) is 0 Å². The summed E-state index contributed by atoms with van der Waals surface area (Å²) in [5, 5.41) is 12.2. The highest BCUT2D eigenvalue weighted by Crippen LogP contribution is 2.51. The van der Waals surface area contributed by atoms with E-state index in [1.54, 1.807) is 0 Å². The first-order valence-corrected chi connectivity index (χ1v) is 27.4. The van der Waals surface area contributed by atoms with Crippen LogP contribution in [0, 0.1) is 0 Å². The molecule has 1 aliphatic carbocycles. The first kappa shape index (κ1) is 43.3.